The summed E-state index contributed by atoms with van der Waals surface area (Å²) < 4.78 is 17.8. The Balaban J connectivity index is 2.04. The third-order valence-electron chi connectivity index (χ3n) is 2.90. The summed E-state index contributed by atoms with van der Waals surface area (Å²) in [6.45, 7) is 2.21. The van der Waals surface area contributed by atoms with Crippen molar-refractivity contribution < 1.29 is 13.9 Å². The molecule has 0 aliphatic rings. The van der Waals surface area contributed by atoms with Crippen LogP contribution in [0.3, 0.4) is 0 Å². The lowest BCUT2D eigenvalue weighted by Crippen LogP contribution is -2.31. The quantitative estimate of drug-likeness (QED) is 0.517. The fourth-order valence-corrected chi connectivity index (χ4v) is 2.75. The van der Waals surface area contributed by atoms with E-state index in [-0.39, 0.29) is 18.3 Å². The zero-order valence-corrected chi connectivity index (χ0v) is 11.7. The molecule has 0 aliphatic carbocycles. The number of rotatable bonds is 4. The van der Waals surface area contributed by atoms with E-state index < -0.39 is 6.09 Å². The summed E-state index contributed by atoms with van der Waals surface area (Å²) in [7, 11) is 0. The number of nitrogens with one attached hydrogen (secondary N) is 1. The normalized spacial score (nSPS) is 11.9. The highest BCUT2D eigenvalue weighted by atomic mass is 32.1. The van der Waals surface area contributed by atoms with Crippen molar-refractivity contribution in [1.82, 2.24) is 5.43 Å². The second-order valence-electron chi connectivity index (χ2n) is 4.40. The molecule has 20 heavy (non-hydrogen) atoms. The Morgan fingerprint density at radius 1 is 1.45 bits per heavy atom. The minimum Gasteiger partial charge on any atom is -0.448 e. The number of hydrogen-bond acceptors (Lipinski definition) is 4. The molecule has 0 bridgehead atoms. The Morgan fingerprint density at radius 3 is 2.80 bits per heavy atom. The van der Waals surface area contributed by atoms with Crippen LogP contribution in [0.1, 0.15) is 18.4 Å². The molecule has 1 heterocycles. The van der Waals surface area contributed by atoms with Gasteiger partial charge in [0.25, 0.3) is 0 Å². The van der Waals surface area contributed by atoms with E-state index in [0.717, 1.165) is 16.0 Å². The van der Waals surface area contributed by atoms with Crippen LogP contribution in [0.15, 0.2) is 35.7 Å². The summed E-state index contributed by atoms with van der Waals surface area (Å²) in [5.41, 5.74) is 3.95. The first-order chi connectivity index (χ1) is 9.60. The molecule has 1 atom stereocenters. The van der Waals surface area contributed by atoms with Gasteiger partial charge in [0.05, 0.1) is 6.61 Å². The van der Waals surface area contributed by atoms with E-state index in [4.69, 9.17) is 10.6 Å². The molecule has 0 spiro atoms. The zero-order chi connectivity index (χ0) is 14.5. The topological polar surface area (TPSA) is 64.3 Å². The Labute approximate surface area is 120 Å². The van der Waals surface area contributed by atoms with E-state index in [9.17, 15) is 9.18 Å². The highest BCUT2D eigenvalue weighted by molar-refractivity contribution is 7.13. The van der Waals surface area contributed by atoms with E-state index >= 15 is 0 Å². The summed E-state index contributed by atoms with van der Waals surface area (Å²) in [5.74, 6) is 4.75. The highest BCUT2D eigenvalue weighted by Crippen LogP contribution is 2.30. The van der Waals surface area contributed by atoms with Gasteiger partial charge in [-0.2, -0.15) is 0 Å². The van der Waals surface area contributed by atoms with Crippen molar-refractivity contribution in [2.24, 2.45) is 5.84 Å². The summed E-state index contributed by atoms with van der Waals surface area (Å²) in [4.78, 5) is 12.0. The third-order valence-corrected chi connectivity index (χ3v) is 3.90. The largest absolute Gasteiger partial charge is 0.448 e. The first-order valence-corrected chi connectivity index (χ1v) is 6.96. The molecule has 106 valence electrons. The van der Waals surface area contributed by atoms with Crippen LogP contribution < -0.4 is 11.3 Å². The number of carbonyl (C=O) groups is 1. The Hall–Kier alpha value is -1.92. The van der Waals surface area contributed by atoms with Crippen LogP contribution in [0.5, 0.6) is 0 Å². The number of nitrogens with two attached hydrogens (primary N) is 1. The number of benzene rings is 1. The van der Waals surface area contributed by atoms with Crippen molar-refractivity contribution in [3.63, 3.8) is 0 Å². The first-order valence-electron chi connectivity index (χ1n) is 6.08. The van der Waals surface area contributed by atoms with Crippen molar-refractivity contribution in [1.29, 1.82) is 0 Å². The average molecular weight is 294 g/mol. The van der Waals surface area contributed by atoms with Crippen LogP contribution in [-0.2, 0) is 4.74 Å². The molecule has 1 aromatic carbocycles. The number of amides is 1. The number of hydrazine groups is 1. The number of thiophene rings is 1. The van der Waals surface area contributed by atoms with Crippen LogP contribution in [0.4, 0.5) is 9.18 Å². The summed E-state index contributed by atoms with van der Waals surface area (Å²) >= 11 is 1.57. The monoisotopic (exact) mass is 294 g/mol. The SMILES string of the molecule is CC(COC(=O)NN)c1csc(-c2ccc(F)cc2)c1. The fraction of sp³-hybridized carbons (Fsp3) is 0.214. The lowest BCUT2D eigenvalue weighted by molar-refractivity contribution is 0.140. The molecule has 0 saturated heterocycles. The van der Waals surface area contributed by atoms with Gasteiger partial charge in [0, 0.05) is 10.8 Å². The molecule has 1 aromatic heterocycles. The first kappa shape index (κ1) is 14.5. The molecule has 6 heteroatoms. The second-order valence-corrected chi connectivity index (χ2v) is 5.31. The van der Waals surface area contributed by atoms with E-state index in [1.54, 1.807) is 23.5 Å². The van der Waals surface area contributed by atoms with Gasteiger partial charge in [0.1, 0.15) is 5.82 Å². The van der Waals surface area contributed by atoms with Gasteiger partial charge >= 0.3 is 6.09 Å². The molecule has 0 aliphatic heterocycles. The lowest BCUT2D eigenvalue weighted by Gasteiger charge is -2.09. The van der Waals surface area contributed by atoms with E-state index in [1.165, 1.54) is 12.1 Å². The standard InChI is InChI=1S/C14H15FN2O2S/c1-9(7-19-14(18)17-16)11-6-13(20-8-11)10-2-4-12(15)5-3-10/h2-6,8-9H,7,16H2,1H3,(H,17,18). The maximum Gasteiger partial charge on any atom is 0.421 e. The number of ether oxygens (including phenoxy) is 1. The molecular weight excluding hydrogens is 279 g/mol. The van der Waals surface area contributed by atoms with Crippen LogP contribution in [0, 0.1) is 5.82 Å². The minimum atomic E-state index is -0.647. The van der Waals surface area contributed by atoms with Gasteiger partial charge in [0.2, 0.25) is 0 Å². The fourth-order valence-electron chi connectivity index (χ4n) is 1.71. The van der Waals surface area contributed by atoms with Crippen LogP contribution in [-0.4, -0.2) is 12.7 Å². The predicted octanol–water partition coefficient (Wildman–Crippen LogP) is 3.26. The molecule has 0 radical (unpaired) electrons. The van der Waals surface area contributed by atoms with E-state index in [1.807, 2.05) is 23.8 Å². The number of halogens is 1. The van der Waals surface area contributed by atoms with Crippen molar-refractivity contribution >= 4 is 17.4 Å². The van der Waals surface area contributed by atoms with Crippen LogP contribution >= 0.6 is 11.3 Å². The number of hydrogen-bond donors (Lipinski definition) is 2. The molecule has 0 saturated carbocycles. The van der Waals surface area contributed by atoms with Gasteiger partial charge in [0.15, 0.2) is 0 Å². The summed E-state index contributed by atoms with van der Waals surface area (Å²) in [6.07, 6.45) is -0.647. The molecular formula is C14H15FN2O2S. The molecule has 1 amide bonds. The zero-order valence-electron chi connectivity index (χ0n) is 10.9. The summed E-state index contributed by atoms with van der Waals surface area (Å²) in [6, 6.07) is 8.38. The summed E-state index contributed by atoms with van der Waals surface area (Å²) in [5, 5.41) is 2.01. The number of carbonyl (C=O) groups excluding carboxylic acids is 1. The smallest absolute Gasteiger partial charge is 0.421 e. The van der Waals surface area contributed by atoms with Gasteiger partial charge in [-0.3, -0.25) is 5.43 Å². The highest BCUT2D eigenvalue weighted by Gasteiger charge is 2.11. The molecule has 0 fully saturated rings. The van der Waals surface area contributed by atoms with Crippen molar-refractivity contribution in [2.45, 2.75) is 12.8 Å². The third kappa shape index (κ3) is 3.55. The molecule has 3 N–H and O–H groups in total. The van der Waals surface area contributed by atoms with Crippen molar-refractivity contribution in [2.75, 3.05) is 6.61 Å². The van der Waals surface area contributed by atoms with Gasteiger partial charge < -0.3 is 4.74 Å². The predicted molar refractivity (Wildman–Crippen MR) is 76.8 cm³/mol. The van der Waals surface area contributed by atoms with Crippen molar-refractivity contribution in [3.8, 4) is 10.4 Å². The molecule has 2 rings (SSSR count). The van der Waals surface area contributed by atoms with Gasteiger partial charge in [-0.15, -0.1) is 11.3 Å². The lowest BCUT2D eigenvalue weighted by atomic mass is 10.0. The van der Waals surface area contributed by atoms with Crippen LogP contribution in [0.25, 0.3) is 10.4 Å². The van der Waals surface area contributed by atoms with Crippen molar-refractivity contribution in [3.05, 3.63) is 47.1 Å². The molecule has 4 nitrogen and oxygen atoms in total. The molecule has 1 unspecified atom stereocenters. The minimum absolute atomic E-state index is 0.0674. The Kier molecular flexibility index (Phi) is 4.70. The van der Waals surface area contributed by atoms with E-state index in [0.29, 0.717) is 0 Å². The Morgan fingerprint density at radius 2 is 2.15 bits per heavy atom. The van der Waals surface area contributed by atoms with Gasteiger partial charge in [-0.1, -0.05) is 19.1 Å². The van der Waals surface area contributed by atoms with E-state index in [2.05, 4.69) is 0 Å². The average Bonchev–Trinajstić information content (AvgIpc) is 2.95. The maximum atomic E-state index is 12.9. The van der Waals surface area contributed by atoms with Gasteiger partial charge in [-0.05, 0) is 34.7 Å². The second kappa shape index (κ2) is 6.49. The Bertz CT molecular complexity index is 583. The van der Waals surface area contributed by atoms with Crippen LogP contribution in [0.2, 0.25) is 0 Å². The molecule has 2 aromatic rings. The van der Waals surface area contributed by atoms with Gasteiger partial charge in [-0.25, -0.2) is 15.0 Å². The maximum absolute atomic E-state index is 12.9.